The lowest BCUT2D eigenvalue weighted by Gasteiger charge is -2.17. The van der Waals surface area contributed by atoms with Gasteiger partial charge in [-0.05, 0) is 20.3 Å². The van der Waals surface area contributed by atoms with Crippen LogP contribution in [0.3, 0.4) is 0 Å². The molecule has 0 saturated heterocycles. The molecule has 0 radical (unpaired) electrons. The Bertz CT molecular complexity index is 336. The normalized spacial score (nSPS) is 16.1. The van der Waals surface area contributed by atoms with E-state index in [4.69, 9.17) is 15.0 Å². The van der Waals surface area contributed by atoms with Gasteiger partial charge in [-0.2, -0.15) is 4.98 Å². The zero-order chi connectivity index (χ0) is 12.3. The maximum Gasteiger partial charge on any atom is 0.231 e. The highest BCUT2D eigenvalue weighted by atomic mass is 16.5. The Labute approximate surface area is 96.4 Å². The number of nitrogens with two attached hydrogens (primary N) is 1. The lowest BCUT2D eigenvalue weighted by Crippen LogP contribution is -2.26. The van der Waals surface area contributed by atoms with Crippen LogP contribution in [-0.2, 0) is 10.3 Å². The van der Waals surface area contributed by atoms with Crippen LogP contribution in [0.15, 0.2) is 4.52 Å². The molecule has 0 amide bonds. The van der Waals surface area contributed by atoms with Crippen molar-refractivity contribution in [3.8, 4) is 0 Å². The standard InChI is InChI=1S/C11H21N3O2/c1-6-8(12)7(2)9-13-10(14-16-9)11(3,4)15-5/h7-8H,6,12H2,1-5H3. The molecule has 92 valence electrons. The minimum Gasteiger partial charge on any atom is -0.371 e. The number of nitrogens with zero attached hydrogens (tertiary/aromatic N) is 2. The average molecular weight is 227 g/mol. The predicted octanol–water partition coefficient (Wildman–Crippen LogP) is 1.79. The third kappa shape index (κ3) is 2.59. The maximum absolute atomic E-state index is 5.94. The van der Waals surface area contributed by atoms with E-state index < -0.39 is 5.60 Å². The maximum atomic E-state index is 5.94. The minimum atomic E-state index is -0.530. The third-order valence-electron chi connectivity index (χ3n) is 2.99. The van der Waals surface area contributed by atoms with Crippen LogP contribution < -0.4 is 5.73 Å². The minimum absolute atomic E-state index is 0.0407. The van der Waals surface area contributed by atoms with Crippen molar-refractivity contribution in [3.63, 3.8) is 0 Å². The second kappa shape index (κ2) is 4.93. The second-order valence-corrected chi connectivity index (χ2v) is 4.53. The molecule has 0 spiro atoms. The Morgan fingerprint density at radius 2 is 2.12 bits per heavy atom. The van der Waals surface area contributed by atoms with E-state index in [1.54, 1.807) is 7.11 Å². The molecule has 2 unspecified atom stereocenters. The van der Waals surface area contributed by atoms with Crippen molar-refractivity contribution >= 4 is 0 Å². The predicted molar refractivity (Wildman–Crippen MR) is 61.0 cm³/mol. The summed E-state index contributed by atoms with van der Waals surface area (Å²) >= 11 is 0. The van der Waals surface area contributed by atoms with Crippen LogP contribution in [0.25, 0.3) is 0 Å². The van der Waals surface area contributed by atoms with Gasteiger partial charge in [0, 0.05) is 13.2 Å². The van der Waals surface area contributed by atoms with Gasteiger partial charge < -0.3 is 15.0 Å². The van der Waals surface area contributed by atoms with E-state index >= 15 is 0 Å². The molecule has 0 aliphatic carbocycles. The summed E-state index contributed by atoms with van der Waals surface area (Å²) in [6.45, 7) is 7.82. The van der Waals surface area contributed by atoms with Gasteiger partial charge in [0.15, 0.2) is 0 Å². The monoisotopic (exact) mass is 227 g/mol. The Balaban J connectivity index is 2.87. The molecule has 2 N–H and O–H groups in total. The largest absolute Gasteiger partial charge is 0.371 e. The van der Waals surface area contributed by atoms with Crippen LogP contribution in [0, 0.1) is 0 Å². The SMILES string of the molecule is CCC(N)C(C)c1nc(C(C)(C)OC)no1. The van der Waals surface area contributed by atoms with Crippen LogP contribution in [0.5, 0.6) is 0 Å². The number of hydrogen-bond donors (Lipinski definition) is 1. The van der Waals surface area contributed by atoms with E-state index in [2.05, 4.69) is 10.1 Å². The van der Waals surface area contributed by atoms with Gasteiger partial charge in [-0.25, -0.2) is 0 Å². The number of rotatable bonds is 5. The number of aromatic nitrogens is 2. The molecule has 0 saturated carbocycles. The van der Waals surface area contributed by atoms with Crippen LogP contribution in [0.4, 0.5) is 0 Å². The fraction of sp³-hybridized carbons (Fsp3) is 0.818. The first-order chi connectivity index (χ1) is 7.42. The highest BCUT2D eigenvalue weighted by molar-refractivity contribution is 5.01. The molecule has 0 fully saturated rings. The molecule has 16 heavy (non-hydrogen) atoms. The van der Waals surface area contributed by atoms with Crippen LogP contribution >= 0.6 is 0 Å². The van der Waals surface area contributed by atoms with Gasteiger partial charge in [0.25, 0.3) is 0 Å². The van der Waals surface area contributed by atoms with Gasteiger partial charge in [0.2, 0.25) is 11.7 Å². The van der Waals surface area contributed by atoms with Crippen molar-refractivity contribution in [2.75, 3.05) is 7.11 Å². The van der Waals surface area contributed by atoms with Crippen LogP contribution in [-0.4, -0.2) is 23.3 Å². The molecule has 2 atom stereocenters. The van der Waals surface area contributed by atoms with E-state index in [1.165, 1.54) is 0 Å². The summed E-state index contributed by atoms with van der Waals surface area (Å²) in [6.07, 6.45) is 0.881. The third-order valence-corrected chi connectivity index (χ3v) is 2.99. The fourth-order valence-electron chi connectivity index (χ4n) is 1.29. The zero-order valence-corrected chi connectivity index (χ0v) is 10.7. The van der Waals surface area contributed by atoms with Crippen molar-refractivity contribution in [2.24, 2.45) is 5.73 Å². The molecule has 0 aromatic carbocycles. The van der Waals surface area contributed by atoms with E-state index in [0.29, 0.717) is 11.7 Å². The Hall–Kier alpha value is -0.940. The topological polar surface area (TPSA) is 74.2 Å². The summed E-state index contributed by atoms with van der Waals surface area (Å²) in [5.41, 5.74) is 5.41. The van der Waals surface area contributed by atoms with E-state index in [1.807, 2.05) is 27.7 Å². The molecule has 5 nitrogen and oxygen atoms in total. The van der Waals surface area contributed by atoms with E-state index in [9.17, 15) is 0 Å². The molecule has 0 aliphatic rings. The summed E-state index contributed by atoms with van der Waals surface area (Å²) in [6, 6.07) is 0.0407. The van der Waals surface area contributed by atoms with Gasteiger partial charge in [-0.3, -0.25) is 0 Å². The fourth-order valence-corrected chi connectivity index (χ4v) is 1.29. The average Bonchev–Trinajstić information content (AvgIpc) is 2.76. The Kier molecular flexibility index (Phi) is 4.04. The zero-order valence-electron chi connectivity index (χ0n) is 10.7. The molecule has 1 heterocycles. The molecule has 1 aromatic heterocycles. The van der Waals surface area contributed by atoms with Gasteiger partial charge in [-0.15, -0.1) is 0 Å². The van der Waals surface area contributed by atoms with Gasteiger partial charge in [0.1, 0.15) is 5.60 Å². The first-order valence-electron chi connectivity index (χ1n) is 5.57. The first-order valence-corrected chi connectivity index (χ1v) is 5.57. The van der Waals surface area contributed by atoms with Crippen molar-refractivity contribution in [1.82, 2.24) is 10.1 Å². The van der Waals surface area contributed by atoms with Crippen molar-refractivity contribution in [2.45, 2.75) is 51.7 Å². The van der Waals surface area contributed by atoms with E-state index in [0.717, 1.165) is 6.42 Å². The molecular weight excluding hydrogens is 206 g/mol. The lowest BCUT2D eigenvalue weighted by molar-refractivity contribution is 0.00973. The summed E-state index contributed by atoms with van der Waals surface area (Å²) in [7, 11) is 1.62. The number of ether oxygens (including phenoxy) is 1. The Morgan fingerprint density at radius 3 is 2.62 bits per heavy atom. The van der Waals surface area contributed by atoms with Gasteiger partial charge in [-0.1, -0.05) is 19.0 Å². The van der Waals surface area contributed by atoms with Gasteiger partial charge in [0.05, 0.1) is 5.92 Å². The summed E-state index contributed by atoms with van der Waals surface area (Å²) in [4.78, 5) is 4.34. The van der Waals surface area contributed by atoms with Crippen molar-refractivity contribution in [1.29, 1.82) is 0 Å². The van der Waals surface area contributed by atoms with Crippen LogP contribution in [0.1, 0.15) is 51.7 Å². The van der Waals surface area contributed by atoms with Crippen molar-refractivity contribution < 1.29 is 9.26 Å². The van der Waals surface area contributed by atoms with Crippen LogP contribution in [0.2, 0.25) is 0 Å². The quantitative estimate of drug-likeness (QED) is 0.830. The first kappa shape index (κ1) is 13.1. The molecule has 0 bridgehead atoms. The molecule has 1 rings (SSSR count). The summed E-state index contributed by atoms with van der Waals surface area (Å²) in [5, 5.41) is 3.93. The van der Waals surface area contributed by atoms with Crippen molar-refractivity contribution in [3.05, 3.63) is 11.7 Å². The summed E-state index contributed by atoms with van der Waals surface area (Å²) < 4.78 is 10.5. The smallest absolute Gasteiger partial charge is 0.231 e. The number of methoxy groups -OCH3 is 1. The molecule has 5 heteroatoms. The van der Waals surface area contributed by atoms with E-state index in [-0.39, 0.29) is 12.0 Å². The second-order valence-electron chi connectivity index (χ2n) is 4.53. The lowest BCUT2D eigenvalue weighted by atomic mass is 10.0. The molecule has 1 aromatic rings. The molecular formula is C11H21N3O2. The summed E-state index contributed by atoms with van der Waals surface area (Å²) in [5.74, 6) is 1.20. The van der Waals surface area contributed by atoms with Gasteiger partial charge >= 0.3 is 0 Å². The Morgan fingerprint density at radius 1 is 1.50 bits per heavy atom. The number of hydrogen-bond acceptors (Lipinski definition) is 5. The molecule has 0 aliphatic heterocycles. The highest BCUT2D eigenvalue weighted by Crippen LogP contribution is 2.24. The highest BCUT2D eigenvalue weighted by Gasteiger charge is 2.28.